The first-order valence-electron chi connectivity index (χ1n) is 6.11. The first-order valence-corrected chi connectivity index (χ1v) is 6.11. The number of para-hydroxylation sites is 1. The van der Waals surface area contributed by atoms with Gasteiger partial charge in [-0.15, -0.1) is 4.91 Å². The molecule has 5 nitrogen and oxygen atoms in total. The van der Waals surface area contributed by atoms with Crippen LogP contribution in [0.3, 0.4) is 0 Å². The van der Waals surface area contributed by atoms with Crippen molar-refractivity contribution >= 4 is 23.0 Å². The highest BCUT2D eigenvalue weighted by Gasteiger charge is 2.15. The fourth-order valence-corrected chi connectivity index (χ4v) is 2.18. The molecule has 0 fully saturated rings. The standard InChI is InChI=1S/C15H15N3O2/c1-10-12(17-20)7-5-9-13(10)18(2)14-8-4-3-6-11(14)15(16)19/h3-9H,1-2H3,(H2,16,19). The van der Waals surface area contributed by atoms with Gasteiger partial charge in [0.05, 0.1) is 11.3 Å². The topological polar surface area (TPSA) is 75.8 Å². The first kappa shape index (κ1) is 13.7. The molecular formula is C15H15N3O2. The van der Waals surface area contributed by atoms with Gasteiger partial charge in [0.25, 0.3) is 5.91 Å². The van der Waals surface area contributed by atoms with Crippen molar-refractivity contribution in [1.29, 1.82) is 0 Å². The fourth-order valence-electron chi connectivity index (χ4n) is 2.18. The molecule has 2 rings (SSSR count). The largest absolute Gasteiger partial charge is 0.366 e. The fraction of sp³-hybridized carbons (Fsp3) is 0.133. The van der Waals surface area contributed by atoms with E-state index in [1.807, 2.05) is 31.0 Å². The zero-order valence-corrected chi connectivity index (χ0v) is 11.3. The summed E-state index contributed by atoms with van der Waals surface area (Å²) in [6.45, 7) is 1.81. The van der Waals surface area contributed by atoms with Gasteiger partial charge >= 0.3 is 0 Å². The minimum Gasteiger partial charge on any atom is -0.366 e. The van der Waals surface area contributed by atoms with Crippen LogP contribution in [0.5, 0.6) is 0 Å². The molecule has 0 bridgehead atoms. The minimum absolute atomic E-state index is 0.380. The molecule has 0 spiro atoms. The third kappa shape index (κ3) is 2.38. The molecule has 0 aromatic heterocycles. The number of nitroso groups, excluding NO2 is 1. The van der Waals surface area contributed by atoms with Gasteiger partial charge in [-0.25, -0.2) is 0 Å². The van der Waals surface area contributed by atoms with Gasteiger partial charge in [0.2, 0.25) is 0 Å². The predicted molar refractivity (Wildman–Crippen MR) is 79.7 cm³/mol. The summed E-state index contributed by atoms with van der Waals surface area (Å²) in [7, 11) is 1.82. The van der Waals surface area contributed by atoms with Crippen LogP contribution in [0.4, 0.5) is 17.1 Å². The summed E-state index contributed by atoms with van der Waals surface area (Å²) in [6, 6.07) is 12.3. The van der Waals surface area contributed by atoms with E-state index < -0.39 is 5.91 Å². The number of anilines is 2. The van der Waals surface area contributed by atoms with Gasteiger partial charge in [0.15, 0.2) is 0 Å². The maximum absolute atomic E-state index is 11.5. The monoisotopic (exact) mass is 269 g/mol. The van der Waals surface area contributed by atoms with E-state index in [1.165, 1.54) is 0 Å². The Balaban J connectivity index is 2.55. The second kappa shape index (κ2) is 5.52. The molecule has 0 saturated carbocycles. The van der Waals surface area contributed by atoms with Crippen molar-refractivity contribution in [2.24, 2.45) is 10.9 Å². The number of hydrogen-bond donors (Lipinski definition) is 1. The van der Waals surface area contributed by atoms with Crippen LogP contribution < -0.4 is 10.6 Å². The minimum atomic E-state index is -0.491. The van der Waals surface area contributed by atoms with Crippen LogP contribution in [0.15, 0.2) is 47.6 Å². The third-order valence-corrected chi connectivity index (χ3v) is 3.27. The third-order valence-electron chi connectivity index (χ3n) is 3.27. The van der Waals surface area contributed by atoms with Crippen LogP contribution in [0.25, 0.3) is 0 Å². The lowest BCUT2D eigenvalue weighted by atomic mass is 10.1. The Labute approximate surface area is 117 Å². The molecule has 5 heteroatoms. The number of carbonyl (C=O) groups excluding carboxylic acids is 1. The number of nitrogens with zero attached hydrogens (tertiary/aromatic N) is 2. The Bertz CT molecular complexity index is 668. The van der Waals surface area contributed by atoms with Crippen LogP contribution in [-0.4, -0.2) is 13.0 Å². The Kier molecular flexibility index (Phi) is 3.79. The molecule has 0 aliphatic rings. The van der Waals surface area contributed by atoms with Gasteiger partial charge in [-0.2, -0.15) is 0 Å². The second-order valence-corrected chi connectivity index (χ2v) is 4.45. The van der Waals surface area contributed by atoms with Gasteiger partial charge in [-0.1, -0.05) is 18.2 Å². The Morgan fingerprint density at radius 2 is 1.75 bits per heavy atom. The lowest BCUT2D eigenvalue weighted by Gasteiger charge is -2.23. The average molecular weight is 269 g/mol. The average Bonchev–Trinajstić information content (AvgIpc) is 2.46. The van der Waals surface area contributed by atoms with Crippen molar-refractivity contribution in [2.45, 2.75) is 6.92 Å². The Morgan fingerprint density at radius 1 is 1.10 bits per heavy atom. The van der Waals surface area contributed by atoms with Crippen molar-refractivity contribution in [3.8, 4) is 0 Å². The predicted octanol–water partition coefficient (Wildman–Crippen LogP) is 3.26. The van der Waals surface area contributed by atoms with Crippen LogP contribution in [-0.2, 0) is 0 Å². The summed E-state index contributed by atoms with van der Waals surface area (Å²) >= 11 is 0. The molecule has 0 radical (unpaired) electrons. The van der Waals surface area contributed by atoms with E-state index in [-0.39, 0.29) is 0 Å². The molecule has 0 saturated heterocycles. The highest BCUT2D eigenvalue weighted by atomic mass is 16.3. The number of primary amides is 1. The zero-order valence-electron chi connectivity index (χ0n) is 11.3. The second-order valence-electron chi connectivity index (χ2n) is 4.45. The van der Waals surface area contributed by atoms with Gasteiger partial charge in [0.1, 0.15) is 5.69 Å². The Morgan fingerprint density at radius 3 is 2.40 bits per heavy atom. The van der Waals surface area contributed by atoms with Gasteiger partial charge < -0.3 is 10.6 Å². The number of carbonyl (C=O) groups is 1. The smallest absolute Gasteiger partial charge is 0.250 e. The molecule has 20 heavy (non-hydrogen) atoms. The summed E-state index contributed by atoms with van der Waals surface area (Å²) < 4.78 is 0. The summed E-state index contributed by atoms with van der Waals surface area (Å²) in [5.74, 6) is -0.491. The van der Waals surface area contributed by atoms with Crippen LogP contribution in [0.1, 0.15) is 15.9 Å². The van der Waals surface area contributed by atoms with Crippen molar-refractivity contribution in [2.75, 3.05) is 11.9 Å². The van der Waals surface area contributed by atoms with E-state index in [2.05, 4.69) is 5.18 Å². The quantitative estimate of drug-likeness (QED) is 0.865. The molecule has 1 amide bonds. The molecule has 0 aliphatic heterocycles. The van der Waals surface area contributed by atoms with Crippen molar-refractivity contribution in [3.63, 3.8) is 0 Å². The number of hydrogen-bond acceptors (Lipinski definition) is 4. The molecule has 102 valence electrons. The summed E-state index contributed by atoms with van der Waals surface area (Å²) in [5.41, 5.74) is 8.44. The van der Waals surface area contributed by atoms with Gasteiger partial charge in [0, 0.05) is 18.3 Å². The van der Waals surface area contributed by atoms with E-state index >= 15 is 0 Å². The van der Waals surface area contributed by atoms with Crippen LogP contribution in [0.2, 0.25) is 0 Å². The van der Waals surface area contributed by atoms with Crippen LogP contribution in [0, 0.1) is 11.8 Å². The molecule has 0 atom stereocenters. The van der Waals surface area contributed by atoms with Gasteiger partial charge in [-0.3, -0.25) is 4.79 Å². The number of amides is 1. The highest BCUT2D eigenvalue weighted by Crippen LogP contribution is 2.33. The maximum atomic E-state index is 11.5. The molecular weight excluding hydrogens is 254 g/mol. The van der Waals surface area contributed by atoms with Gasteiger partial charge in [-0.05, 0) is 36.4 Å². The first-order chi connectivity index (χ1) is 9.56. The number of nitrogens with two attached hydrogens (primary N) is 1. The van der Waals surface area contributed by atoms with Crippen molar-refractivity contribution in [1.82, 2.24) is 0 Å². The summed E-state index contributed by atoms with van der Waals surface area (Å²) in [5, 5.41) is 3.00. The van der Waals surface area contributed by atoms with E-state index in [4.69, 9.17) is 5.73 Å². The Hall–Kier alpha value is -2.69. The van der Waals surface area contributed by atoms with E-state index in [1.54, 1.807) is 30.3 Å². The number of rotatable bonds is 4. The molecule has 2 aromatic rings. The van der Waals surface area contributed by atoms with Crippen LogP contribution >= 0.6 is 0 Å². The highest BCUT2D eigenvalue weighted by molar-refractivity contribution is 5.99. The summed E-state index contributed by atoms with van der Waals surface area (Å²) in [6.07, 6.45) is 0. The van der Waals surface area contributed by atoms with E-state index in [9.17, 15) is 9.70 Å². The molecule has 2 N–H and O–H groups in total. The lowest BCUT2D eigenvalue weighted by molar-refractivity contribution is 0.100. The maximum Gasteiger partial charge on any atom is 0.250 e. The number of benzene rings is 2. The summed E-state index contributed by atoms with van der Waals surface area (Å²) in [4.78, 5) is 24.1. The van der Waals surface area contributed by atoms with Crippen molar-refractivity contribution < 1.29 is 4.79 Å². The molecule has 2 aromatic carbocycles. The zero-order chi connectivity index (χ0) is 14.7. The van der Waals surface area contributed by atoms with E-state index in [0.717, 1.165) is 11.3 Å². The van der Waals surface area contributed by atoms with Crippen molar-refractivity contribution in [3.05, 3.63) is 58.5 Å². The molecule has 0 unspecified atom stereocenters. The molecule has 0 heterocycles. The normalized spacial score (nSPS) is 10.1. The van der Waals surface area contributed by atoms with E-state index in [0.29, 0.717) is 16.9 Å². The SMILES string of the molecule is Cc1c(N=O)cccc1N(C)c1ccccc1C(N)=O. The molecule has 0 aliphatic carbocycles. The lowest BCUT2D eigenvalue weighted by Crippen LogP contribution is -2.18.